The molecular weight excluding hydrogens is 579 g/mol. The number of hydrogen-bond acceptors (Lipinski definition) is 9. The Kier molecular flexibility index (Phi) is 10.2. The van der Waals surface area contributed by atoms with E-state index in [0.717, 1.165) is 24.0 Å². The van der Waals surface area contributed by atoms with Gasteiger partial charge in [-0.3, -0.25) is 14.2 Å². The van der Waals surface area contributed by atoms with Crippen molar-refractivity contribution in [2.75, 3.05) is 24.0 Å². The van der Waals surface area contributed by atoms with Crippen LogP contribution in [-0.4, -0.2) is 62.2 Å². The van der Waals surface area contributed by atoms with Gasteiger partial charge in [-0.1, -0.05) is 60.7 Å². The van der Waals surface area contributed by atoms with Crippen LogP contribution in [0.5, 0.6) is 0 Å². The largest absolute Gasteiger partial charge is 0.369 e. The molecule has 13 heteroatoms. The number of benzene rings is 2. The molecule has 0 bridgehead atoms. The molecule has 2 atom stereocenters. The van der Waals surface area contributed by atoms with Crippen LogP contribution in [0.1, 0.15) is 37.8 Å². The fourth-order valence-corrected chi connectivity index (χ4v) is 7.04. The molecular formula is C31H39N8O4P. The number of nitrogens with zero attached hydrogens (tertiary/aromatic N) is 4. The number of Topliss-reactive ketones (excluding diaryl/α,β-unsaturated/α-hetero) is 2. The van der Waals surface area contributed by atoms with Crippen molar-refractivity contribution in [3.63, 3.8) is 0 Å². The molecule has 4 aromatic rings. The van der Waals surface area contributed by atoms with Gasteiger partial charge < -0.3 is 20.4 Å². The molecule has 0 spiro atoms. The Balaban J connectivity index is 1.31. The molecule has 12 nitrogen and oxygen atoms in total. The number of hydrogen-bond donors (Lipinski definition) is 4. The number of fused-ring (bicyclic) bond motifs is 1. The highest BCUT2D eigenvalue weighted by atomic mass is 31.2. The van der Waals surface area contributed by atoms with Gasteiger partial charge in [0.2, 0.25) is 13.4 Å². The standard InChI is InChI=1S/C31H39N8O4P/c1-21(40)26(17-23-9-5-3-6-10-23)37-44(42,38-27(22(2)41)18-24-11-7-4-8-12-24)20-43-16-15-39-19-33-28-29(34-25-13-14-25)35-31(32)36-30(28)39/h3-12,19,25-27H,13-18,20H2,1-2H3,(H2,37,38,42)(H3,32,34,35,36)/t26-,27-/m0/s1. The lowest BCUT2D eigenvalue weighted by molar-refractivity contribution is -0.119. The molecule has 0 amide bonds. The van der Waals surface area contributed by atoms with E-state index in [9.17, 15) is 14.2 Å². The topological polar surface area (TPSA) is 166 Å². The third kappa shape index (κ3) is 8.57. The molecule has 0 radical (unpaired) electrons. The number of ether oxygens (including phenoxy) is 1. The van der Waals surface area contributed by atoms with Gasteiger partial charge in [-0.05, 0) is 50.7 Å². The average molecular weight is 619 g/mol. The Hall–Kier alpha value is -3.96. The molecule has 44 heavy (non-hydrogen) atoms. The van der Waals surface area contributed by atoms with Gasteiger partial charge in [0.25, 0.3) is 0 Å². The van der Waals surface area contributed by atoms with Crippen LogP contribution in [-0.2, 0) is 38.3 Å². The normalized spacial score (nSPS) is 14.8. The Bertz CT molecular complexity index is 1560. The average Bonchev–Trinajstić information content (AvgIpc) is 3.72. The van der Waals surface area contributed by atoms with E-state index in [1.807, 2.05) is 60.7 Å². The molecule has 0 aliphatic heterocycles. The molecule has 1 fully saturated rings. The third-order valence-corrected chi connectivity index (χ3v) is 9.43. The fraction of sp³-hybridized carbons (Fsp3) is 0.387. The highest BCUT2D eigenvalue weighted by molar-refractivity contribution is 7.59. The minimum Gasteiger partial charge on any atom is -0.369 e. The number of ketones is 2. The zero-order valence-corrected chi connectivity index (χ0v) is 25.9. The summed E-state index contributed by atoms with van der Waals surface area (Å²) in [4.78, 5) is 38.6. The minimum absolute atomic E-state index is 0.142. The first kappa shape index (κ1) is 31.5. The summed E-state index contributed by atoms with van der Waals surface area (Å²) in [6.45, 7) is 3.45. The second-order valence-electron chi connectivity index (χ2n) is 11.2. The first-order valence-electron chi connectivity index (χ1n) is 14.7. The SMILES string of the molecule is CC(=O)[C@H](Cc1ccccc1)NP(=O)(COCCn1cnc2c(NC3CC3)nc(N)nc21)N[C@@H](Cc1ccccc1)C(C)=O. The van der Waals surface area contributed by atoms with Gasteiger partial charge >= 0.3 is 0 Å². The Labute approximate surface area is 256 Å². The van der Waals surface area contributed by atoms with Crippen molar-refractivity contribution in [1.29, 1.82) is 0 Å². The van der Waals surface area contributed by atoms with Gasteiger partial charge in [0, 0.05) is 12.6 Å². The number of imidazole rings is 1. The number of nitrogens with two attached hydrogens (primary N) is 1. The maximum absolute atomic E-state index is 14.5. The van der Waals surface area contributed by atoms with Crippen LogP contribution < -0.4 is 21.2 Å². The maximum Gasteiger partial charge on any atom is 0.237 e. The van der Waals surface area contributed by atoms with E-state index < -0.39 is 19.5 Å². The third-order valence-electron chi connectivity index (χ3n) is 7.42. The Morgan fingerprint density at radius 3 is 2.05 bits per heavy atom. The smallest absolute Gasteiger partial charge is 0.237 e. The Morgan fingerprint density at radius 1 is 0.955 bits per heavy atom. The van der Waals surface area contributed by atoms with Crippen LogP contribution in [0, 0.1) is 0 Å². The molecule has 5 N–H and O–H groups in total. The highest BCUT2D eigenvalue weighted by Crippen LogP contribution is 2.38. The summed E-state index contributed by atoms with van der Waals surface area (Å²) in [6.07, 6.45) is 4.23. The molecule has 1 saturated carbocycles. The van der Waals surface area contributed by atoms with Crippen LogP contribution in [0.3, 0.4) is 0 Å². The van der Waals surface area contributed by atoms with E-state index in [0.29, 0.717) is 42.4 Å². The summed E-state index contributed by atoms with van der Waals surface area (Å²) >= 11 is 0. The number of anilines is 2. The molecule has 1 aliphatic carbocycles. The summed E-state index contributed by atoms with van der Waals surface area (Å²) in [5.74, 6) is 0.408. The molecule has 2 aromatic heterocycles. The molecule has 1 aliphatic rings. The number of carbonyl (C=O) groups excluding carboxylic acids is 2. The van der Waals surface area contributed by atoms with Crippen molar-refractivity contribution in [3.8, 4) is 0 Å². The van der Waals surface area contributed by atoms with Gasteiger partial charge in [-0.25, -0.2) is 15.2 Å². The fourth-order valence-electron chi connectivity index (χ4n) is 4.88. The van der Waals surface area contributed by atoms with Crippen molar-refractivity contribution in [3.05, 3.63) is 78.1 Å². The zero-order chi connectivity index (χ0) is 31.1. The van der Waals surface area contributed by atoms with Gasteiger partial charge in [-0.15, -0.1) is 0 Å². The number of carbonyl (C=O) groups is 2. The lowest BCUT2D eigenvalue weighted by atomic mass is 10.0. The second-order valence-corrected chi connectivity index (χ2v) is 13.5. The van der Waals surface area contributed by atoms with E-state index in [4.69, 9.17) is 10.5 Å². The highest BCUT2D eigenvalue weighted by Gasteiger charge is 2.33. The van der Waals surface area contributed by atoms with Gasteiger partial charge in [0.15, 0.2) is 17.0 Å². The summed E-state index contributed by atoms with van der Waals surface area (Å²) in [5, 5.41) is 9.47. The lowest BCUT2D eigenvalue weighted by Crippen LogP contribution is -2.44. The molecule has 232 valence electrons. The first-order chi connectivity index (χ1) is 21.2. The number of aromatic nitrogens is 4. The zero-order valence-electron chi connectivity index (χ0n) is 25.0. The van der Waals surface area contributed by atoms with Crippen LogP contribution in [0.4, 0.5) is 11.8 Å². The number of rotatable bonds is 17. The van der Waals surface area contributed by atoms with Crippen molar-refractivity contribution in [2.24, 2.45) is 0 Å². The maximum atomic E-state index is 14.5. The van der Waals surface area contributed by atoms with Gasteiger partial charge in [0.05, 0.1) is 25.0 Å². The predicted molar refractivity (Wildman–Crippen MR) is 170 cm³/mol. The van der Waals surface area contributed by atoms with E-state index in [-0.39, 0.29) is 30.5 Å². The van der Waals surface area contributed by atoms with Crippen LogP contribution in [0.25, 0.3) is 11.2 Å². The predicted octanol–water partition coefficient (Wildman–Crippen LogP) is 3.73. The first-order valence-corrected chi connectivity index (χ1v) is 16.6. The van der Waals surface area contributed by atoms with E-state index in [1.165, 1.54) is 13.8 Å². The van der Waals surface area contributed by atoms with E-state index in [2.05, 4.69) is 30.4 Å². The number of nitrogen functional groups attached to an aromatic ring is 1. The quantitative estimate of drug-likeness (QED) is 0.101. The van der Waals surface area contributed by atoms with E-state index >= 15 is 0 Å². The van der Waals surface area contributed by atoms with Crippen molar-refractivity contribution in [1.82, 2.24) is 29.7 Å². The van der Waals surface area contributed by atoms with Crippen molar-refractivity contribution >= 4 is 41.9 Å². The van der Waals surface area contributed by atoms with Crippen molar-refractivity contribution < 1.29 is 18.9 Å². The monoisotopic (exact) mass is 618 g/mol. The van der Waals surface area contributed by atoms with Gasteiger partial charge in [-0.2, -0.15) is 9.97 Å². The molecule has 0 saturated heterocycles. The molecule has 2 aromatic carbocycles. The summed E-state index contributed by atoms with van der Waals surface area (Å²) in [5.41, 5.74) is 9.00. The van der Waals surface area contributed by atoms with Gasteiger partial charge in [0.1, 0.15) is 17.9 Å². The van der Waals surface area contributed by atoms with E-state index in [1.54, 1.807) is 10.9 Å². The van der Waals surface area contributed by atoms with Crippen LogP contribution >= 0.6 is 7.44 Å². The summed E-state index contributed by atoms with van der Waals surface area (Å²) in [6, 6.07) is 17.9. The lowest BCUT2D eigenvalue weighted by Gasteiger charge is -2.29. The minimum atomic E-state index is -3.64. The molecule has 0 unspecified atom stereocenters. The summed E-state index contributed by atoms with van der Waals surface area (Å²) < 4.78 is 22.3. The Morgan fingerprint density at radius 2 is 1.52 bits per heavy atom. The molecule has 2 heterocycles. The summed E-state index contributed by atoms with van der Waals surface area (Å²) in [7, 11) is -3.64. The molecule has 5 rings (SSSR count). The number of nitrogens with one attached hydrogen (secondary N) is 3. The van der Waals surface area contributed by atoms with Crippen LogP contribution in [0.15, 0.2) is 67.0 Å². The van der Waals surface area contributed by atoms with Crippen molar-refractivity contribution in [2.45, 2.75) is 64.2 Å². The second kappa shape index (κ2) is 14.2. The van der Waals surface area contributed by atoms with Crippen LogP contribution in [0.2, 0.25) is 0 Å².